The van der Waals surface area contributed by atoms with Gasteiger partial charge >= 0.3 is 6.18 Å². The van der Waals surface area contributed by atoms with Crippen LogP contribution in [0.25, 0.3) is 16.5 Å². The van der Waals surface area contributed by atoms with E-state index in [0.717, 1.165) is 16.7 Å². The molecule has 34 heavy (non-hydrogen) atoms. The molecule has 0 aliphatic rings. The fourth-order valence-corrected chi connectivity index (χ4v) is 3.58. The van der Waals surface area contributed by atoms with Crippen molar-refractivity contribution in [3.63, 3.8) is 0 Å². The Kier molecular flexibility index (Phi) is 6.02. The molecule has 1 heterocycles. The molecule has 0 bridgehead atoms. The summed E-state index contributed by atoms with van der Waals surface area (Å²) < 4.78 is 51.1. The van der Waals surface area contributed by atoms with E-state index in [1.165, 1.54) is 38.6 Å². The van der Waals surface area contributed by atoms with Crippen LogP contribution in [0.3, 0.4) is 0 Å². The first kappa shape index (κ1) is 22.9. The Hall–Kier alpha value is -4.27. The fourth-order valence-electron chi connectivity index (χ4n) is 3.58. The molecule has 1 aromatic heterocycles. The minimum absolute atomic E-state index is 0.125. The number of alkyl halides is 3. The van der Waals surface area contributed by atoms with Crippen molar-refractivity contribution in [3.05, 3.63) is 88.2 Å². The molecule has 0 atom stereocenters. The maximum absolute atomic E-state index is 13.3. The molecule has 4 aromatic rings. The van der Waals surface area contributed by atoms with Crippen molar-refractivity contribution in [1.29, 1.82) is 0 Å². The minimum Gasteiger partial charge on any atom is -0.497 e. The number of halogens is 3. The summed E-state index contributed by atoms with van der Waals surface area (Å²) in [5, 5.41) is 11.6. The Labute approximate surface area is 192 Å². The van der Waals surface area contributed by atoms with Gasteiger partial charge in [-0.1, -0.05) is 24.3 Å². The van der Waals surface area contributed by atoms with E-state index in [1.807, 2.05) is 0 Å². The number of aromatic hydroxyl groups is 1. The standard InChI is InChI=1S/C25H19F3N2O4/c1-33-17-10-11-21(22(13-17)34-2)29-14-20-18-8-3-4-9-19(18)23(31)30(24(20)32)16-7-5-6-15(12-16)25(26,27)28/h3-14,32H,1-2H3. The Balaban J connectivity index is 1.94. The van der Waals surface area contributed by atoms with Crippen molar-refractivity contribution in [2.24, 2.45) is 4.99 Å². The van der Waals surface area contributed by atoms with Gasteiger partial charge in [-0.2, -0.15) is 13.2 Å². The average molecular weight is 468 g/mol. The predicted molar refractivity (Wildman–Crippen MR) is 123 cm³/mol. The van der Waals surface area contributed by atoms with E-state index in [2.05, 4.69) is 4.99 Å². The lowest BCUT2D eigenvalue weighted by Gasteiger charge is -2.15. The Morgan fingerprint density at radius 1 is 0.941 bits per heavy atom. The van der Waals surface area contributed by atoms with Gasteiger partial charge in [0.2, 0.25) is 5.88 Å². The van der Waals surface area contributed by atoms with Gasteiger partial charge in [-0.05, 0) is 36.4 Å². The van der Waals surface area contributed by atoms with Gasteiger partial charge in [0.1, 0.15) is 17.2 Å². The van der Waals surface area contributed by atoms with E-state index < -0.39 is 23.2 Å². The van der Waals surface area contributed by atoms with Gasteiger partial charge in [0.05, 0.1) is 31.0 Å². The highest BCUT2D eigenvalue weighted by atomic mass is 19.4. The molecule has 3 aromatic carbocycles. The number of fused-ring (bicyclic) bond motifs is 1. The van der Waals surface area contributed by atoms with Gasteiger partial charge in [0, 0.05) is 23.1 Å². The largest absolute Gasteiger partial charge is 0.497 e. The Bertz CT molecular complexity index is 1460. The van der Waals surface area contributed by atoms with Gasteiger partial charge in [-0.25, -0.2) is 4.57 Å². The van der Waals surface area contributed by atoms with E-state index in [1.54, 1.807) is 36.4 Å². The molecule has 0 radical (unpaired) electrons. The molecule has 0 saturated heterocycles. The van der Waals surface area contributed by atoms with Crippen molar-refractivity contribution < 1.29 is 27.8 Å². The summed E-state index contributed by atoms with van der Waals surface area (Å²) in [4.78, 5) is 17.5. The monoisotopic (exact) mass is 468 g/mol. The minimum atomic E-state index is -4.61. The average Bonchev–Trinajstić information content (AvgIpc) is 2.83. The lowest BCUT2D eigenvalue weighted by Crippen LogP contribution is -2.20. The molecule has 4 rings (SSSR count). The number of rotatable bonds is 5. The van der Waals surface area contributed by atoms with E-state index in [4.69, 9.17) is 9.47 Å². The molecule has 9 heteroatoms. The third-order valence-electron chi connectivity index (χ3n) is 5.25. The van der Waals surface area contributed by atoms with Crippen LogP contribution in [0.1, 0.15) is 11.1 Å². The SMILES string of the molecule is COc1ccc(N=Cc2c(O)n(-c3cccc(C(F)(F)F)c3)c(=O)c3ccccc23)c(OC)c1. The van der Waals surface area contributed by atoms with Crippen molar-refractivity contribution in [1.82, 2.24) is 4.57 Å². The zero-order valence-electron chi connectivity index (χ0n) is 18.1. The topological polar surface area (TPSA) is 73.0 Å². The van der Waals surface area contributed by atoms with Gasteiger partial charge < -0.3 is 14.6 Å². The first-order valence-electron chi connectivity index (χ1n) is 10.0. The first-order chi connectivity index (χ1) is 16.2. The quantitative estimate of drug-likeness (QED) is 0.394. The van der Waals surface area contributed by atoms with Crippen molar-refractivity contribution in [2.75, 3.05) is 14.2 Å². The highest BCUT2D eigenvalue weighted by Crippen LogP contribution is 2.34. The van der Waals surface area contributed by atoms with E-state index >= 15 is 0 Å². The van der Waals surface area contributed by atoms with Crippen LogP contribution in [-0.4, -0.2) is 30.1 Å². The number of methoxy groups -OCH3 is 2. The number of aliphatic imine (C=N–C) groups is 1. The number of nitrogens with zero attached hydrogens (tertiary/aromatic N) is 2. The number of ether oxygens (including phenoxy) is 2. The number of benzene rings is 3. The predicted octanol–water partition coefficient (Wildman–Crippen LogP) is 5.48. The highest BCUT2D eigenvalue weighted by Gasteiger charge is 2.31. The fraction of sp³-hybridized carbons (Fsp3) is 0.120. The highest BCUT2D eigenvalue weighted by molar-refractivity contribution is 6.02. The molecule has 0 unspecified atom stereocenters. The smallest absolute Gasteiger partial charge is 0.416 e. The second kappa shape index (κ2) is 8.93. The molecular weight excluding hydrogens is 449 g/mol. The van der Waals surface area contributed by atoms with Crippen LogP contribution in [0, 0.1) is 0 Å². The third-order valence-corrected chi connectivity index (χ3v) is 5.25. The summed E-state index contributed by atoms with van der Waals surface area (Å²) in [5.41, 5.74) is -1.15. The maximum Gasteiger partial charge on any atom is 0.416 e. The first-order valence-corrected chi connectivity index (χ1v) is 10.0. The van der Waals surface area contributed by atoms with Gasteiger partial charge in [0.25, 0.3) is 5.56 Å². The van der Waals surface area contributed by atoms with Crippen LogP contribution >= 0.6 is 0 Å². The Morgan fingerprint density at radius 2 is 1.68 bits per heavy atom. The molecule has 1 N–H and O–H groups in total. The zero-order valence-corrected chi connectivity index (χ0v) is 18.1. The van der Waals surface area contributed by atoms with E-state index in [9.17, 15) is 23.1 Å². The maximum atomic E-state index is 13.3. The van der Waals surface area contributed by atoms with Gasteiger partial charge in [-0.3, -0.25) is 9.79 Å². The number of hydrogen-bond acceptors (Lipinski definition) is 5. The summed E-state index contributed by atoms with van der Waals surface area (Å²) in [6.07, 6.45) is -3.27. The van der Waals surface area contributed by atoms with Gasteiger partial charge in [0.15, 0.2) is 0 Å². The second-order valence-electron chi connectivity index (χ2n) is 7.27. The summed E-state index contributed by atoms with van der Waals surface area (Å²) >= 11 is 0. The summed E-state index contributed by atoms with van der Waals surface area (Å²) in [6.45, 7) is 0. The van der Waals surface area contributed by atoms with Crippen molar-refractivity contribution in [3.8, 4) is 23.1 Å². The van der Waals surface area contributed by atoms with Crippen LogP contribution in [0.2, 0.25) is 0 Å². The van der Waals surface area contributed by atoms with E-state index in [-0.39, 0.29) is 16.6 Å². The number of hydrogen-bond donors (Lipinski definition) is 1. The normalized spacial score (nSPS) is 11.8. The van der Waals surface area contributed by atoms with Crippen molar-refractivity contribution >= 4 is 22.7 Å². The van der Waals surface area contributed by atoms with Crippen LogP contribution in [0.5, 0.6) is 17.4 Å². The zero-order chi connectivity index (χ0) is 24.5. The second-order valence-corrected chi connectivity index (χ2v) is 7.27. The van der Waals surface area contributed by atoms with Crippen LogP contribution < -0.4 is 15.0 Å². The summed E-state index contributed by atoms with van der Waals surface area (Å²) in [5.74, 6) is 0.423. The van der Waals surface area contributed by atoms with Gasteiger partial charge in [-0.15, -0.1) is 0 Å². The molecule has 0 amide bonds. The van der Waals surface area contributed by atoms with Crippen LogP contribution in [0.15, 0.2) is 76.5 Å². The summed E-state index contributed by atoms with van der Waals surface area (Å²) in [7, 11) is 2.98. The third kappa shape index (κ3) is 4.19. The molecule has 6 nitrogen and oxygen atoms in total. The lowest BCUT2D eigenvalue weighted by molar-refractivity contribution is -0.137. The molecule has 174 valence electrons. The number of pyridine rings is 1. The van der Waals surface area contributed by atoms with Crippen molar-refractivity contribution in [2.45, 2.75) is 6.18 Å². The molecule has 0 spiro atoms. The lowest BCUT2D eigenvalue weighted by atomic mass is 10.1. The molecule has 0 aliphatic heterocycles. The van der Waals surface area contributed by atoms with Crippen LogP contribution in [0.4, 0.5) is 18.9 Å². The molecule has 0 saturated carbocycles. The Morgan fingerprint density at radius 3 is 2.35 bits per heavy atom. The summed E-state index contributed by atoms with van der Waals surface area (Å²) in [6, 6.07) is 15.6. The van der Waals surface area contributed by atoms with E-state index in [0.29, 0.717) is 22.6 Å². The van der Waals surface area contributed by atoms with Crippen LogP contribution in [-0.2, 0) is 6.18 Å². The molecule has 0 fully saturated rings. The molecular formula is C25H19F3N2O4. The molecule has 0 aliphatic carbocycles. The number of aromatic nitrogens is 1.